The van der Waals surface area contributed by atoms with Crippen LogP contribution in [0.3, 0.4) is 0 Å². The minimum atomic E-state index is 0. The maximum atomic E-state index is 12.5. The molecule has 1 N–H and O–H groups in total. The lowest BCUT2D eigenvalue weighted by molar-refractivity contribution is -0.141. The van der Waals surface area contributed by atoms with E-state index in [9.17, 15) is 4.79 Å². The molecule has 2 heterocycles. The van der Waals surface area contributed by atoms with E-state index in [1.165, 1.54) is 32.1 Å². The first-order valence-corrected chi connectivity index (χ1v) is 7.25. The highest BCUT2D eigenvalue weighted by molar-refractivity contribution is 5.85. The number of likely N-dealkylation sites (tertiary alicyclic amines) is 1. The Morgan fingerprint density at radius 2 is 2.11 bits per heavy atom. The highest BCUT2D eigenvalue weighted by atomic mass is 35.5. The van der Waals surface area contributed by atoms with Crippen molar-refractivity contribution in [3.05, 3.63) is 0 Å². The van der Waals surface area contributed by atoms with Crippen LogP contribution in [0, 0.1) is 11.8 Å². The predicted molar refractivity (Wildman–Crippen MR) is 77.0 cm³/mol. The Hall–Kier alpha value is -0.280. The molecule has 0 aliphatic carbocycles. The third-order valence-corrected chi connectivity index (χ3v) is 4.44. The molecule has 2 aliphatic heterocycles. The predicted octanol–water partition coefficient (Wildman–Crippen LogP) is 2.44. The maximum Gasteiger partial charge on any atom is 0.226 e. The molecule has 2 rings (SSSR count). The molecule has 0 radical (unpaired) electrons. The second kappa shape index (κ2) is 7.34. The second-order valence-corrected chi connectivity index (χ2v) is 5.68. The lowest BCUT2D eigenvalue weighted by Gasteiger charge is -2.40. The summed E-state index contributed by atoms with van der Waals surface area (Å²) in [5.41, 5.74) is 0. The molecule has 3 nitrogen and oxygen atoms in total. The van der Waals surface area contributed by atoms with Gasteiger partial charge in [-0.2, -0.15) is 0 Å². The Balaban J connectivity index is 0.00000162. The summed E-state index contributed by atoms with van der Waals surface area (Å²) in [6.07, 6.45) is 6.08. The molecule has 2 fully saturated rings. The van der Waals surface area contributed by atoms with E-state index in [0.717, 1.165) is 19.6 Å². The minimum absolute atomic E-state index is 0. The van der Waals surface area contributed by atoms with Gasteiger partial charge < -0.3 is 10.2 Å². The second-order valence-electron chi connectivity index (χ2n) is 5.68. The largest absolute Gasteiger partial charge is 0.339 e. The van der Waals surface area contributed by atoms with Crippen LogP contribution in [0.2, 0.25) is 0 Å². The molecular weight excluding hydrogens is 248 g/mol. The van der Waals surface area contributed by atoms with Crippen molar-refractivity contribution in [2.45, 2.75) is 52.0 Å². The topological polar surface area (TPSA) is 32.3 Å². The van der Waals surface area contributed by atoms with Crippen LogP contribution < -0.4 is 5.32 Å². The van der Waals surface area contributed by atoms with E-state index in [1.54, 1.807) is 0 Å². The third kappa shape index (κ3) is 3.39. The van der Waals surface area contributed by atoms with Gasteiger partial charge in [-0.05, 0) is 44.7 Å². The van der Waals surface area contributed by atoms with Crippen LogP contribution in [0.1, 0.15) is 46.0 Å². The van der Waals surface area contributed by atoms with Gasteiger partial charge in [0.05, 0.1) is 0 Å². The standard InChI is InChI=1S/C14H26N2O.ClH/c1-3-6-13-7-4-5-8-16(13)14(17)11(2)12-9-15-10-12;/h11-13,15H,3-10H2,1-2H3;1H. The van der Waals surface area contributed by atoms with Crippen molar-refractivity contribution in [1.82, 2.24) is 10.2 Å². The summed E-state index contributed by atoms with van der Waals surface area (Å²) in [5.74, 6) is 1.20. The first-order chi connectivity index (χ1) is 8.24. The van der Waals surface area contributed by atoms with E-state index >= 15 is 0 Å². The summed E-state index contributed by atoms with van der Waals surface area (Å²) in [6, 6.07) is 0.525. The van der Waals surface area contributed by atoms with Crippen LogP contribution in [-0.4, -0.2) is 36.5 Å². The molecule has 2 unspecified atom stereocenters. The average Bonchev–Trinajstić information content (AvgIpc) is 2.27. The molecule has 0 aromatic carbocycles. The number of hydrogen-bond donors (Lipinski definition) is 1. The zero-order chi connectivity index (χ0) is 12.3. The fraction of sp³-hybridized carbons (Fsp3) is 0.929. The normalized spacial score (nSPS) is 26.1. The summed E-state index contributed by atoms with van der Waals surface area (Å²) in [7, 11) is 0. The molecule has 1 amide bonds. The van der Waals surface area contributed by atoms with E-state index < -0.39 is 0 Å². The van der Waals surface area contributed by atoms with Crippen molar-refractivity contribution in [2.75, 3.05) is 19.6 Å². The third-order valence-electron chi connectivity index (χ3n) is 4.44. The number of rotatable bonds is 4. The fourth-order valence-electron chi connectivity index (χ4n) is 3.05. The Kier molecular flexibility index (Phi) is 6.44. The number of piperidine rings is 1. The van der Waals surface area contributed by atoms with E-state index in [1.807, 2.05) is 0 Å². The zero-order valence-corrected chi connectivity index (χ0v) is 12.5. The number of carbonyl (C=O) groups is 1. The van der Waals surface area contributed by atoms with Crippen molar-refractivity contribution in [3.63, 3.8) is 0 Å². The first-order valence-electron chi connectivity index (χ1n) is 7.25. The first kappa shape index (κ1) is 15.8. The van der Waals surface area contributed by atoms with Crippen LogP contribution in [-0.2, 0) is 4.79 Å². The van der Waals surface area contributed by atoms with Crippen LogP contribution in [0.4, 0.5) is 0 Å². The lowest BCUT2D eigenvalue weighted by atomic mass is 9.86. The van der Waals surface area contributed by atoms with Crippen molar-refractivity contribution in [1.29, 1.82) is 0 Å². The van der Waals surface area contributed by atoms with E-state index in [2.05, 4.69) is 24.1 Å². The summed E-state index contributed by atoms with van der Waals surface area (Å²) < 4.78 is 0. The van der Waals surface area contributed by atoms with Crippen LogP contribution in [0.5, 0.6) is 0 Å². The van der Waals surface area contributed by atoms with Gasteiger partial charge in [-0.3, -0.25) is 4.79 Å². The number of halogens is 1. The monoisotopic (exact) mass is 274 g/mol. The number of nitrogens with zero attached hydrogens (tertiary/aromatic N) is 1. The van der Waals surface area contributed by atoms with Gasteiger partial charge in [-0.1, -0.05) is 20.3 Å². The van der Waals surface area contributed by atoms with Crippen LogP contribution in [0.15, 0.2) is 0 Å². The zero-order valence-electron chi connectivity index (χ0n) is 11.7. The highest BCUT2D eigenvalue weighted by Crippen LogP contribution is 2.26. The van der Waals surface area contributed by atoms with Crippen molar-refractivity contribution in [3.8, 4) is 0 Å². The van der Waals surface area contributed by atoms with Crippen LogP contribution in [0.25, 0.3) is 0 Å². The summed E-state index contributed by atoms with van der Waals surface area (Å²) in [5, 5.41) is 3.27. The van der Waals surface area contributed by atoms with Gasteiger partial charge >= 0.3 is 0 Å². The molecule has 0 bridgehead atoms. The maximum absolute atomic E-state index is 12.5. The fourth-order valence-corrected chi connectivity index (χ4v) is 3.05. The molecule has 2 saturated heterocycles. The van der Waals surface area contributed by atoms with E-state index in [4.69, 9.17) is 0 Å². The van der Waals surface area contributed by atoms with E-state index in [0.29, 0.717) is 17.9 Å². The Bertz CT molecular complexity index is 267. The molecule has 0 aromatic heterocycles. The molecular formula is C14H27ClN2O. The number of carbonyl (C=O) groups excluding carboxylic acids is 1. The van der Waals surface area contributed by atoms with Gasteiger partial charge in [0.25, 0.3) is 0 Å². The smallest absolute Gasteiger partial charge is 0.226 e. The highest BCUT2D eigenvalue weighted by Gasteiger charge is 2.34. The van der Waals surface area contributed by atoms with Gasteiger partial charge in [0.15, 0.2) is 0 Å². The quantitative estimate of drug-likeness (QED) is 0.854. The minimum Gasteiger partial charge on any atom is -0.339 e. The molecule has 0 saturated carbocycles. The average molecular weight is 275 g/mol. The lowest BCUT2D eigenvalue weighted by Crippen LogP contribution is -2.53. The van der Waals surface area contributed by atoms with Crippen LogP contribution >= 0.6 is 12.4 Å². The van der Waals surface area contributed by atoms with Gasteiger partial charge in [0.2, 0.25) is 5.91 Å². The van der Waals surface area contributed by atoms with E-state index in [-0.39, 0.29) is 18.3 Å². The van der Waals surface area contributed by atoms with Crippen molar-refractivity contribution in [2.24, 2.45) is 11.8 Å². The number of hydrogen-bond acceptors (Lipinski definition) is 2. The Morgan fingerprint density at radius 1 is 1.39 bits per heavy atom. The summed E-state index contributed by atoms with van der Waals surface area (Å²) >= 11 is 0. The van der Waals surface area contributed by atoms with Gasteiger partial charge in [0, 0.05) is 18.5 Å². The molecule has 106 valence electrons. The summed E-state index contributed by atoms with van der Waals surface area (Å²) in [6.45, 7) is 7.38. The Labute approximate surface area is 117 Å². The van der Waals surface area contributed by atoms with Gasteiger partial charge in [-0.25, -0.2) is 0 Å². The molecule has 4 heteroatoms. The number of amides is 1. The SMILES string of the molecule is CCCC1CCCCN1C(=O)C(C)C1CNC1.Cl. The van der Waals surface area contributed by atoms with Crippen molar-refractivity contribution >= 4 is 18.3 Å². The molecule has 2 aliphatic rings. The molecule has 2 atom stereocenters. The molecule has 18 heavy (non-hydrogen) atoms. The summed E-state index contributed by atoms with van der Waals surface area (Å²) in [4.78, 5) is 14.7. The Morgan fingerprint density at radius 3 is 2.67 bits per heavy atom. The molecule has 0 spiro atoms. The molecule has 0 aromatic rings. The van der Waals surface area contributed by atoms with Gasteiger partial charge in [-0.15, -0.1) is 12.4 Å². The van der Waals surface area contributed by atoms with Crippen molar-refractivity contribution < 1.29 is 4.79 Å². The van der Waals surface area contributed by atoms with Gasteiger partial charge in [0.1, 0.15) is 0 Å². The number of nitrogens with one attached hydrogen (secondary N) is 1.